The maximum atomic E-state index is 6.06. The van der Waals surface area contributed by atoms with Gasteiger partial charge in [-0.3, -0.25) is 4.99 Å². The van der Waals surface area contributed by atoms with Gasteiger partial charge in [0.25, 0.3) is 0 Å². The summed E-state index contributed by atoms with van der Waals surface area (Å²) in [4.78, 5) is 4.31. The molecule has 2 aliphatic heterocycles. The Bertz CT molecular complexity index is 573. The number of aliphatic imine (C=N–C) groups is 1. The maximum absolute atomic E-state index is 6.06. The molecular formula is C17H25ClIN3O2. The Morgan fingerprint density at radius 3 is 2.88 bits per heavy atom. The van der Waals surface area contributed by atoms with Crippen molar-refractivity contribution < 1.29 is 9.47 Å². The predicted octanol–water partition coefficient (Wildman–Crippen LogP) is 3.13. The van der Waals surface area contributed by atoms with Crippen LogP contribution < -0.4 is 10.6 Å². The van der Waals surface area contributed by atoms with Crippen molar-refractivity contribution in [3.8, 4) is 0 Å². The molecule has 2 heterocycles. The molecule has 2 fully saturated rings. The summed E-state index contributed by atoms with van der Waals surface area (Å²) in [5.41, 5.74) is 1.05. The number of halogens is 2. The highest BCUT2D eigenvalue weighted by Gasteiger charge is 2.41. The molecule has 7 heteroatoms. The van der Waals surface area contributed by atoms with Gasteiger partial charge in [-0.2, -0.15) is 0 Å². The molecule has 4 unspecified atom stereocenters. The molecule has 0 aromatic heterocycles. The predicted molar refractivity (Wildman–Crippen MR) is 107 cm³/mol. The quantitative estimate of drug-likeness (QED) is 0.399. The van der Waals surface area contributed by atoms with Crippen LogP contribution in [0.5, 0.6) is 0 Å². The normalized spacial score (nSPS) is 26.8. The van der Waals surface area contributed by atoms with E-state index in [0.717, 1.165) is 24.4 Å². The standard InChI is InChI=1S/C17H24ClN3O2.HI/c1-19-17(21-14-9-13-6-7-15(14)23-13)20-10-16(22-2)11-4-3-5-12(18)8-11;/h3-5,8,13-16H,6-7,9-10H2,1-2H3,(H2,19,20,21);1H. The van der Waals surface area contributed by atoms with Crippen molar-refractivity contribution >= 4 is 41.5 Å². The van der Waals surface area contributed by atoms with Gasteiger partial charge in [-0.15, -0.1) is 24.0 Å². The van der Waals surface area contributed by atoms with E-state index >= 15 is 0 Å². The molecule has 1 aromatic rings. The number of ether oxygens (including phenoxy) is 2. The number of benzene rings is 1. The lowest BCUT2D eigenvalue weighted by atomic mass is 9.96. The zero-order chi connectivity index (χ0) is 16.2. The van der Waals surface area contributed by atoms with E-state index in [1.54, 1.807) is 14.2 Å². The molecule has 0 saturated carbocycles. The van der Waals surface area contributed by atoms with Crippen molar-refractivity contribution in [3.63, 3.8) is 0 Å². The Morgan fingerprint density at radius 1 is 1.46 bits per heavy atom. The number of nitrogens with zero attached hydrogens (tertiary/aromatic N) is 1. The maximum Gasteiger partial charge on any atom is 0.191 e. The number of methoxy groups -OCH3 is 1. The Kier molecular flexibility index (Phi) is 7.59. The van der Waals surface area contributed by atoms with E-state index < -0.39 is 0 Å². The summed E-state index contributed by atoms with van der Waals surface area (Å²) in [6, 6.07) is 8.09. The van der Waals surface area contributed by atoms with Crippen LogP contribution in [0.1, 0.15) is 30.9 Å². The third-order valence-corrected chi connectivity index (χ3v) is 4.85. The summed E-state index contributed by atoms with van der Waals surface area (Å²) in [7, 11) is 3.48. The topological polar surface area (TPSA) is 54.9 Å². The van der Waals surface area contributed by atoms with Crippen molar-refractivity contribution in [2.24, 2.45) is 4.99 Å². The third-order valence-electron chi connectivity index (χ3n) is 4.61. The van der Waals surface area contributed by atoms with E-state index in [9.17, 15) is 0 Å². The number of rotatable bonds is 5. The lowest BCUT2D eigenvalue weighted by Gasteiger charge is -2.24. The molecule has 0 aliphatic carbocycles. The van der Waals surface area contributed by atoms with Crippen LogP contribution in [0.2, 0.25) is 5.02 Å². The summed E-state index contributed by atoms with van der Waals surface area (Å²) in [5, 5.41) is 7.53. The van der Waals surface area contributed by atoms with E-state index in [1.807, 2.05) is 24.3 Å². The average molecular weight is 466 g/mol. The van der Waals surface area contributed by atoms with Crippen LogP contribution in [0.3, 0.4) is 0 Å². The highest BCUT2D eigenvalue weighted by molar-refractivity contribution is 14.0. The number of nitrogens with one attached hydrogen (secondary N) is 2. The van der Waals surface area contributed by atoms with Gasteiger partial charge >= 0.3 is 0 Å². The Labute approximate surface area is 165 Å². The van der Waals surface area contributed by atoms with Crippen LogP contribution in [0.4, 0.5) is 0 Å². The van der Waals surface area contributed by atoms with Gasteiger partial charge in [-0.1, -0.05) is 23.7 Å². The summed E-state index contributed by atoms with van der Waals surface area (Å²) in [5.74, 6) is 0.787. The van der Waals surface area contributed by atoms with E-state index in [0.29, 0.717) is 29.8 Å². The minimum Gasteiger partial charge on any atom is -0.375 e. The summed E-state index contributed by atoms with van der Waals surface area (Å²) >= 11 is 6.06. The van der Waals surface area contributed by atoms with Crippen molar-refractivity contribution in [2.45, 2.75) is 43.6 Å². The second-order valence-corrected chi connectivity index (χ2v) is 6.53. The van der Waals surface area contributed by atoms with Gasteiger partial charge in [-0.05, 0) is 37.0 Å². The van der Waals surface area contributed by atoms with Crippen LogP contribution in [0.15, 0.2) is 29.3 Å². The molecule has 24 heavy (non-hydrogen) atoms. The van der Waals surface area contributed by atoms with Gasteiger partial charge in [0.05, 0.1) is 24.4 Å². The van der Waals surface area contributed by atoms with Crippen molar-refractivity contribution in [1.29, 1.82) is 0 Å². The Morgan fingerprint density at radius 2 is 2.29 bits per heavy atom. The molecule has 4 atom stereocenters. The van der Waals surface area contributed by atoms with Crippen LogP contribution in [0.25, 0.3) is 0 Å². The SMILES string of the molecule is CN=C(NCC(OC)c1cccc(Cl)c1)NC1CC2CCC1O2.I. The largest absolute Gasteiger partial charge is 0.375 e. The van der Waals surface area contributed by atoms with E-state index in [1.165, 1.54) is 6.42 Å². The lowest BCUT2D eigenvalue weighted by Crippen LogP contribution is -2.48. The highest BCUT2D eigenvalue weighted by Crippen LogP contribution is 2.34. The second kappa shape index (κ2) is 9.22. The minimum absolute atomic E-state index is 0. The van der Waals surface area contributed by atoms with E-state index in [-0.39, 0.29) is 30.1 Å². The first-order valence-electron chi connectivity index (χ1n) is 8.10. The van der Waals surface area contributed by atoms with E-state index in [2.05, 4.69) is 15.6 Å². The number of guanidine groups is 1. The Hall–Kier alpha value is -0.570. The minimum atomic E-state index is -0.0801. The molecule has 2 N–H and O–H groups in total. The second-order valence-electron chi connectivity index (χ2n) is 6.09. The van der Waals surface area contributed by atoms with Gasteiger partial charge in [-0.25, -0.2) is 0 Å². The van der Waals surface area contributed by atoms with Gasteiger partial charge < -0.3 is 20.1 Å². The molecule has 0 amide bonds. The monoisotopic (exact) mass is 465 g/mol. The first-order chi connectivity index (χ1) is 11.2. The zero-order valence-electron chi connectivity index (χ0n) is 14.0. The molecule has 5 nitrogen and oxygen atoms in total. The molecular weight excluding hydrogens is 441 g/mol. The van der Waals surface area contributed by atoms with Crippen molar-refractivity contribution in [3.05, 3.63) is 34.9 Å². The summed E-state index contributed by atoms with van der Waals surface area (Å²) < 4.78 is 11.5. The number of hydrogen-bond donors (Lipinski definition) is 2. The first kappa shape index (κ1) is 19.8. The average Bonchev–Trinajstić information content (AvgIpc) is 3.17. The highest BCUT2D eigenvalue weighted by atomic mass is 127. The van der Waals surface area contributed by atoms with Gasteiger partial charge in [0.2, 0.25) is 0 Å². The zero-order valence-corrected chi connectivity index (χ0v) is 17.1. The van der Waals surface area contributed by atoms with Crippen LogP contribution in [-0.2, 0) is 9.47 Å². The van der Waals surface area contributed by atoms with Crippen LogP contribution in [-0.4, -0.2) is 44.9 Å². The van der Waals surface area contributed by atoms with Crippen molar-refractivity contribution in [2.75, 3.05) is 20.7 Å². The molecule has 3 rings (SSSR count). The molecule has 0 spiro atoms. The molecule has 2 aliphatic rings. The smallest absolute Gasteiger partial charge is 0.191 e. The van der Waals surface area contributed by atoms with Crippen LogP contribution in [0, 0.1) is 0 Å². The molecule has 2 saturated heterocycles. The number of fused-ring (bicyclic) bond motifs is 2. The van der Waals surface area contributed by atoms with Crippen LogP contribution >= 0.6 is 35.6 Å². The summed E-state index contributed by atoms with van der Waals surface area (Å²) in [6.45, 7) is 0.623. The van der Waals surface area contributed by atoms with E-state index in [4.69, 9.17) is 21.1 Å². The molecule has 0 radical (unpaired) electrons. The molecule has 134 valence electrons. The molecule has 1 aromatic carbocycles. The lowest BCUT2D eigenvalue weighted by molar-refractivity contribution is 0.0987. The fourth-order valence-corrected chi connectivity index (χ4v) is 3.59. The number of hydrogen-bond acceptors (Lipinski definition) is 3. The fourth-order valence-electron chi connectivity index (χ4n) is 3.39. The third kappa shape index (κ3) is 4.74. The van der Waals surface area contributed by atoms with Gasteiger partial charge in [0.1, 0.15) is 0 Å². The summed E-state index contributed by atoms with van der Waals surface area (Å²) in [6.07, 6.45) is 4.06. The molecule has 2 bridgehead atoms. The van der Waals surface area contributed by atoms with Crippen molar-refractivity contribution in [1.82, 2.24) is 10.6 Å². The van der Waals surface area contributed by atoms with Gasteiger partial charge in [0, 0.05) is 25.7 Å². The Balaban J connectivity index is 0.00000208. The van der Waals surface area contributed by atoms with Gasteiger partial charge in [0.15, 0.2) is 5.96 Å². The fraction of sp³-hybridized carbons (Fsp3) is 0.588. The first-order valence-corrected chi connectivity index (χ1v) is 8.48.